The number of hydrogen-bond donors (Lipinski definition) is 0. The van der Waals surface area contributed by atoms with Gasteiger partial charge in [0.2, 0.25) is 0 Å². The van der Waals surface area contributed by atoms with E-state index in [4.69, 9.17) is 0 Å². The third-order valence-electron chi connectivity index (χ3n) is 1.22. The number of hydrogen-bond acceptors (Lipinski definition) is 2. The fourth-order valence-corrected chi connectivity index (χ4v) is 0.635. The topological polar surface area (TPSA) is 34.1 Å². The summed E-state index contributed by atoms with van der Waals surface area (Å²) in [7, 11) is 0. The van der Waals surface area contributed by atoms with Crippen molar-refractivity contribution in [3.8, 4) is 0 Å². The monoisotopic (exact) mass is 152 g/mol. The Morgan fingerprint density at radius 1 is 1.36 bits per heavy atom. The van der Waals surface area contributed by atoms with Crippen LogP contribution in [0, 0.1) is 0 Å². The molecule has 0 amide bonds. The molecule has 0 saturated carbocycles. The Morgan fingerprint density at radius 2 is 1.91 bits per heavy atom. The van der Waals surface area contributed by atoms with Gasteiger partial charge in [-0.15, -0.1) is 0 Å². The summed E-state index contributed by atoms with van der Waals surface area (Å²) >= 11 is 0. The summed E-state index contributed by atoms with van der Waals surface area (Å²) in [6, 6.07) is 0. The molecule has 0 rings (SSSR count). The summed E-state index contributed by atoms with van der Waals surface area (Å²) in [5.74, 6) is -0.232. The standard InChI is InChI=1S/C9H12O2/c1-4-5-7(2)9(11)6-8(3)10/h4-5H,1,6H2,2-3H3. The lowest BCUT2D eigenvalue weighted by atomic mass is 10.1. The van der Waals surface area contributed by atoms with Crippen molar-refractivity contribution in [2.45, 2.75) is 20.3 Å². The fourth-order valence-electron chi connectivity index (χ4n) is 0.635. The van der Waals surface area contributed by atoms with E-state index in [0.29, 0.717) is 5.57 Å². The molecule has 0 fully saturated rings. The quantitative estimate of drug-likeness (QED) is 0.349. The van der Waals surface area contributed by atoms with Gasteiger partial charge in [-0.05, 0) is 19.4 Å². The lowest BCUT2D eigenvalue weighted by Gasteiger charge is -1.94. The predicted octanol–water partition coefficient (Wildman–Crippen LogP) is 1.67. The zero-order valence-electron chi connectivity index (χ0n) is 6.89. The Labute approximate surface area is 66.6 Å². The van der Waals surface area contributed by atoms with Gasteiger partial charge >= 0.3 is 0 Å². The third kappa shape index (κ3) is 4.25. The van der Waals surface area contributed by atoms with E-state index in [-0.39, 0.29) is 18.0 Å². The molecule has 0 radical (unpaired) electrons. The molecule has 0 spiro atoms. The molecular formula is C9H12O2. The van der Waals surface area contributed by atoms with Gasteiger partial charge in [-0.25, -0.2) is 0 Å². The lowest BCUT2D eigenvalue weighted by Crippen LogP contribution is -2.04. The highest BCUT2D eigenvalue weighted by molar-refractivity contribution is 6.06. The Kier molecular flexibility index (Phi) is 4.11. The van der Waals surface area contributed by atoms with Gasteiger partial charge in [0.25, 0.3) is 0 Å². The molecule has 0 aliphatic carbocycles. The summed E-state index contributed by atoms with van der Waals surface area (Å²) in [5, 5.41) is 0. The number of Topliss-reactive ketones (excluding diaryl/α,β-unsaturated/α-hetero) is 2. The van der Waals surface area contributed by atoms with Crippen molar-refractivity contribution in [1.82, 2.24) is 0 Å². The third-order valence-corrected chi connectivity index (χ3v) is 1.22. The molecule has 11 heavy (non-hydrogen) atoms. The molecule has 0 aliphatic heterocycles. The lowest BCUT2D eigenvalue weighted by molar-refractivity contribution is -0.123. The summed E-state index contributed by atoms with van der Waals surface area (Å²) in [5.41, 5.74) is 0.579. The molecule has 0 aromatic carbocycles. The van der Waals surface area contributed by atoms with Crippen LogP contribution in [0.2, 0.25) is 0 Å². The van der Waals surface area contributed by atoms with Gasteiger partial charge in [-0.3, -0.25) is 9.59 Å². The normalized spacial score (nSPS) is 10.9. The molecule has 0 bridgehead atoms. The Balaban J connectivity index is 4.14. The van der Waals surface area contributed by atoms with E-state index in [9.17, 15) is 9.59 Å². The van der Waals surface area contributed by atoms with E-state index in [1.54, 1.807) is 13.0 Å². The molecule has 0 unspecified atom stereocenters. The van der Waals surface area contributed by atoms with E-state index in [1.165, 1.54) is 13.0 Å². The van der Waals surface area contributed by atoms with Crippen molar-refractivity contribution in [3.63, 3.8) is 0 Å². The summed E-state index contributed by atoms with van der Waals surface area (Å²) in [6.45, 7) is 6.52. The van der Waals surface area contributed by atoms with E-state index < -0.39 is 0 Å². The van der Waals surface area contributed by atoms with Crippen LogP contribution in [0.4, 0.5) is 0 Å². The molecule has 0 aromatic heterocycles. The molecule has 2 heteroatoms. The second kappa shape index (κ2) is 4.61. The number of allylic oxidation sites excluding steroid dienone is 3. The average molecular weight is 152 g/mol. The molecule has 0 atom stereocenters. The zero-order chi connectivity index (χ0) is 8.85. The SMILES string of the molecule is C=CC=C(C)C(=O)CC(C)=O. The summed E-state index contributed by atoms with van der Waals surface area (Å²) in [6.07, 6.45) is 3.13. The molecule has 0 heterocycles. The minimum Gasteiger partial charge on any atom is -0.300 e. The zero-order valence-corrected chi connectivity index (χ0v) is 6.89. The Bertz CT molecular complexity index is 212. The first-order chi connectivity index (χ1) is 5.07. The van der Waals surface area contributed by atoms with Gasteiger partial charge in [0.05, 0.1) is 6.42 Å². The molecule has 0 saturated heterocycles. The predicted molar refractivity (Wildman–Crippen MR) is 44.3 cm³/mol. The Hall–Kier alpha value is -1.18. The van der Waals surface area contributed by atoms with Gasteiger partial charge in [0.15, 0.2) is 5.78 Å². The van der Waals surface area contributed by atoms with E-state index in [2.05, 4.69) is 6.58 Å². The number of ketones is 2. The number of rotatable bonds is 4. The van der Waals surface area contributed by atoms with Gasteiger partial charge < -0.3 is 0 Å². The fraction of sp³-hybridized carbons (Fsp3) is 0.333. The van der Waals surface area contributed by atoms with E-state index >= 15 is 0 Å². The van der Waals surface area contributed by atoms with Crippen LogP contribution in [0.5, 0.6) is 0 Å². The molecule has 2 nitrogen and oxygen atoms in total. The Morgan fingerprint density at radius 3 is 2.27 bits per heavy atom. The molecule has 0 aliphatic rings. The van der Waals surface area contributed by atoms with Crippen LogP contribution in [0.25, 0.3) is 0 Å². The van der Waals surface area contributed by atoms with Crippen LogP contribution in [-0.4, -0.2) is 11.6 Å². The van der Waals surface area contributed by atoms with Crippen LogP contribution in [0.15, 0.2) is 24.3 Å². The first kappa shape index (κ1) is 9.82. The smallest absolute Gasteiger partial charge is 0.165 e. The van der Waals surface area contributed by atoms with E-state index in [1.807, 2.05) is 0 Å². The first-order valence-corrected chi connectivity index (χ1v) is 3.40. The highest BCUT2D eigenvalue weighted by Crippen LogP contribution is 1.99. The number of carbonyl (C=O) groups is 2. The molecule has 60 valence electrons. The molecule has 0 aromatic rings. The minimum atomic E-state index is -0.127. The second-order valence-electron chi connectivity index (χ2n) is 2.39. The maximum absolute atomic E-state index is 11.0. The van der Waals surface area contributed by atoms with E-state index in [0.717, 1.165) is 0 Å². The van der Waals surface area contributed by atoms with Crippen LogP contribution in [-0.2, 0) is 9.59 Å². The van der Waals surface area contributed by atoms with Crippen LogP contribution < -0.4 is 0 Å². The highest BCUT2D eigenvalue weighted by Gasteiger charge is 2.05. The molecule has 0 N–H and O–H groups in total. The van der Waals surface area contributed by atoms with Crippen molar-refractivity contribution in [1.29, 1.82) is 0 Å². The summed E-state index contributed by atoms with van der Waals surface area (Å²) in [4.78, 5) is 21.5. The van der Waals surface area contributed by atoms with Crippen LogP contribution >= 0.6 is 0 Å². The second-order valence-corrected chi connectivity index (χ2v) is 2.39. The average Bonchev–Trinajstić information content (AvgIpc) is 1.86. The maximum atomic E-state index is 11.0. The summed E-state index contributed by atoms with van der Waals surface area (Å²) < 4.78 is 0. The first-order valence-electron chi connectivity index (χ1n) is 3.40. The van der Waals surface area contributed by atoms with Crippen molar-refractivity contribution in [2.24, 2.45) is 0 Å². The minimum absolute atomic E-state index is 0.00380. The maximum Gasteiger partial charge on any atom is 0.165 e. The molecular weight excluding hydrogens is 140 g/mol. The largest absolute Gasteiger partial charge is 0.300 e. The van der Waals surface area contributed by atoms with Crippen molar-refractivity contribution < 1.29 is 9.59 Å². The highest BCUT2D eigenvalue weighted by atomic mass is 16.1. The van der Waals surface area contributed by atoms with Crippen LogP contribution in [0.1, 0.15) is 20.3 Å². The van der Waals surface area contributed by atoms with Crippen LogP contribution in [0.3, 0.4) is 0 Å². The van der Waals surface area contributed by atoms with Crippen molar-refractivity contribution in [3.05, 3.63) is 24.3 Å². The van der Waals surface area contributed by atoms with Crippen molar-refractivity contribution >= 4 is 11.6 Å². The number of carbonyl (C=O) groups excluding carboxylic acids is 2. The van der Waals surface area contributed by atoms with Gasteiger partial charge in [-0.1, -0.05) is 18.7 Å². The van der Waals surface area contributed by atoms with Crippen molar-refractivity contribution in [2.75, 3.05) is 0 Å². The van der Waals surface area contributed by atoms with Gasteiger partial charge in [-0.2, -0.15) is 0 Å². The van der Waals surface area contributed by atoms with Gasteiger partial charge in [0.1, 0.15) is 5.78 Å². The van der Waals surface area contributed by atoms with Gasteiger partial charge in [0, 0.05) is 0 Å².